The van der Waals surface area contributed by atoms with Crippen molar-refractivity contribution in [2.75, 3.05) is 4.72 Å². The van der Waals surface area contributed by atoms with E-state index in [1.165, 1.54) is 6.20 Å². The molecule has 0 aliphatic heterocycles. The predicted octanol–water partition coefficient (Wildman–Crippen LogP) is 5.14. The summed E-state index contributed by atoms with van der Waals surface area (Å²) in [5.74, 6) is -2.62. The SMILES string of the molecule is NC(=O)c1cccc(-c2ccnc3ccc(-c4cncc(NS(=O)(=O)c5ccc(F)cc5F)c4)cc23)c1. The number of primary amides is 1. The topological polar surface area (TPSA) is 115 Å². The lowest BCUT2D eigenvalue weighted by Crippen LogP contribution is -2.15. The van der Waals surface area contributed by atoms with Crippen molar-refractivity contribution in [3.05, 3.63) is 109 Å². The zero-order valence-corrected chi connectivity index (χ0v) is 19.8. The maximum absolute atomic E-state index is 14.1. The number of nitrogens with two attached hydrogens (primary N) is 1. The molecule has 0 bridgehead atoms. The summed E-state index contributed by atoms with van der Waals surface area (Å²) in [7, 11) is -4.33. The van der Waals surface area contributed by atoms with Crippen LogP contribution < -0.4 is 10.5 Å². The minimum atomic E-state index is -4.33. The second-order valence-corrected chi connectivity index (χ2v) is 9.83. The Hall–Kier alpha value is -4.70. The number of anilines is 1. The molecule has 0 atom stereocenters. The highest BCUT2D eigenvalue weighted by molar-refractivity contribution is 7.92. The molecule has 0 fully saturated rings. The number of hydrogen-bond donors (Lipinski definition) is 2. The molecule has 2 aromatic heterocycles. The van der Waals surface area contributed by atoms with Crippen molar-refractivity contribution in [3.63, 3.8) is 0 Å². The van der Waals surface area contributed by atoms with E-state index < -0.39 is 32.5 Å². The first kappa shape index (κ1) is 24.0. The van der Waals surface area contributed by atoms with Crippen molar-refractivity contribution in [3.8, 4) is 22.3 Å². The molecule has 10 heteroatoms. The summed E-state index contributed by atoms with van der Waals surface area (Å²) >= 11 is 0. The van der Waals surface area contributed by atoms with Crippen LogP contribution in [0.3, 0.4) is 0 Å². The fourth-order valence-corrected chi connectivity index (χ4v) is 5.07. The largest absolute Gasteiger partial charge is 0.366 e. The van der Waals surface area contributed by atoms with E-state index in [0.717, 1.165) is 28.6 Å². The Bertz CT molecular complexity index is 1790. The van der Waals surface area contributed by atoms with Crippen molar-refractivity contribution < 1.29 is 22.0 Å². The van der Waals surface area contributed by atoms with Crippen LogP contribution in [-0.2, 0) is 10.0 Å². The molecule has 7 nitrogen and oxygen atoms in total. The molecule has 0 aliphatic carbocycles. The molecule has 3 aromatic carbocycles. The molecule has 0 aliphatic rings. The summed E-state index contributed by atoms with van der Waals surface area (Å²) in [5, 5.41) is 0.793. The summed E-state index contributed by atoms with van der Waals surface area (Å²) < 4.78 is 55.0. The second-order valence-electron chi connectivity index (χ2n) is 8.18. The highest BCUT2D eigenvalue weighted by atomic mass is 32.2. The first-order valence-electron chi connectivity index (χ1n) is 10.9. The van der Waals surface area contributed by atoms with Crippen LogP contribution in [0.1, 0.15) is 10.4 Å². The molecule has 0 unspecified atom stereocenters. The average molecular weight is 517 g/mol. The third-order valence-electron chi connectivity index (χ3n) is 5.71. The van der Waals surface area contributed by atoms with Gasteiger partial charge in [-0.05, 0) is 65.2 Å². The maximum atomic E-state index is 14.1. The molecule has 5 rings (SSSR count). The second kappa shape index (κ2) is 9.40. The normalized spacial score (nSPS) is 11.4. The van der Waals surface area contributed by atoms with E-state index in [1.54, 1.807) is 36.7 Å². The van der Waals surface area contributed by atoms with E-state index in [9.17, 15) is 22.0 Å². The van der Waals surface area contributed by atoms with Gasteiger partial charge in [0.2, 0.25) is 5.91 Å². The number of carbonyl (C=O) groups is 1. The molecule has 0 spiro atoms. The summed E-state index contributed by atoms with van der Waals surface area (Å²) in [5.41, 5.74) is 9.53. The van der Waals surface area contributed by atoms with E-state index in [1.807, 2.05) is 30.3 Å². The fraction of sp³-hybridized carbons (Fsp3) is 0. The Labute approximate surface area is 210 Å². The summed E-state index contributed by atoms with van der Waals surface area (Å²) in [6, 6.07) is 18.1. The lowest BCUT2D eigenvalue weighted by molar-refractivity contribution is 0.100. The van der Waals surface area contributed by atoms with Gasteiger partial charge in [0, 0.05) is 35.0 Å². The molecule has 184 valence electrons. The number of nitrogens with one attached hydrogen (secondary N) is 1. The van der Waals surface area contributed by atoms with Crippen LogP contribution in [-0.4, -0.2) is 24.3 Å². The molecule has 0 radical (unpaired) electrons. The van der Waals surface area contributed by atoms with E-state index in [0.29, 0.717) is 28.3 Å². The predicted molar refractivity (Wildman–Crippen MR) is 136 cm³/mol. The van der Waals surface area contributed by atoms with Crippen LogP contribution in [0.15, 0.2) is 96.3 Å². The number of hydrogen-bond acceptors (Lipinski definition) is 5. The van der Waals surface area contributed by atoms with E-state index >= 15 is 0 Å². The molecule has 3 N–H and O–H groups in total. The Balaban J connectivity index is 1.53. The molecule has 5 aromatic rings. The fourth-order valence-electron chi connectivity index (χ4n) is 3.97. The maximum Gasteiger partial charge on any atom is 0.264 e. The minimum Gasteiger partial charge on any atom is -0.366 e. The highest BCUT2D eigenvalue weighted by Crippen LogP contribution is 2.32. The van der Waals surface area contributed by atoms with Gasteiger partial charge in [0.05, 0.1) is 17.4 Å². The van der Waals surface area contributed by atoms with E-state index in [4.69, 9.17) is 5.73 Å². The third-order valence-corrected chi connectivity index (χ3v) is 7.12. The number of nitrogens with zero attached hydrogens (tertiary/aromatic N) is 2. The van der Waals surface area contributed by atoms with Gasteiger partial charge in [-0.25, -0.2) is 17.2 Å². The Kier molecular flexibility index (Phi) is 6.10. The van der Waals surface area contributed by atoms with Crippen molar-refractivity contribution in [1.29, 1.82) is 0 Å². The lowest BCUT2D eigenvalue weighted by atomic mass is 9.97. The number of amides is 1. The number of rotatable bonds is 6. The number of fused-ring (bicyclic) bond motifs is 1. The van der Waals surface area contributed by atoms with Gasteiger partial charge >= 0.3 is 0 Å². The Morgan fingerprint density at radius 1 is 0.865 bits per heavy atom. The van der Waals surface area contributed by atoms with Crippen molar-refractivity contribution in [1.82, 2.24) is 9.97 Å². The van der Waals surface area contributed by atoms with Crippen LogP contribution in [0.4, 0.5) is 14.5 Å². The summed E-state index contributed by atoms with van der Waals surface area (Å²) in [6.07, 6.45) is 4.51. The quantitative estimate of drug-likeness (QED) is 0.324. The van der Waals surface area contributed by atoms with Crippen LogP contribution >= 0.6 is 0 Å². The van der Waals surface area contributed by atoms with Gasteiger partial charge in [0.1, 0.15) is 16.5 Å². The molecule has 0 saturated heterocycles. The van der Waals surface area contributed by atoms with Crippen molar-refractivity contribution in [2.45, 2.75) is 4.90 Å². The molecule has 2 heterocycles. The van der Waals surface area contributed by atoms with Crippen molar-refractivity contribution >= 4 is 32.5 Å². The Morgan fingerprint density at radius 3 is 2.49 bits per heavy atom. The van der Waals surface area contributed by atoms with E-state index in [-0.39, 0.29) is 5.69 Å². The molecular weight excluding hydrogens is 498 g/mol. The van der Waals surface area contributed by atoms with Gasteiger partial charge < -0.3 is 5.73 Å². The van der Waals surface area contributed by atoms with Crippen LogP contribution in [0.2, 0.25) is 0 Å². The lowest BCUT2D eigenvalue weighted by Gasteiger charge is -2.12. The number of halogens is 2. The smallest absolute Gasteiger partial charge is 0.264 e. The van der Waals surface area contributed by atoms with Gasteiger partial charge in [-0.3, -0.25) is 19.5 Å². The average Bonchev–Trinajstić information content (AvgIpc) is 2.87. The van der Waals surface area contributed by atoms with Gasteiger partial charge in [-0.1, -0.05) is 18.2 Å². The molecule has 0 saturated carbocycles. The van der Waals surface area contributed by atoms with Crippen LogP contribution in [0.5, 0.6) is 0 Å². The monoisotopic (exact) mass is 516 g/mol. The number of carbonyl (C=O) groups excluding carboxylic acids is 1. The molecule has 1 amide bonds. The van der Waals surface area contributed by atoms with Gasteiger partial charge in [-0.15, -0.1) is 0 Å². The van der Waals surface area contributed by atoms with Crippen LogP contribution in [0, 0.1) is 11.6 Å². The number of benzene rings is 3. The number of pyridine rings is 2. The molecular formula is C27H18F2N4O3S. The zero-order valence-electron chi connectivity index (χ0n) is 19.0. The molecule has 37 heavy (non-hydrogen) atoms. The van der Waals surface area contributed by atoms with Crippen molar-refractivity contribution in [2.24, 2.45) is 5.73 Å². The van der Waals surface area contributed by atoms with Crippen LogP contribution in [0.25, 0.3) is 33.2 Å². The Morgan fingerprint density at radius 2 is 1.70 bits per heavy atom. The standard InChI is InChI=1S/C27H18F2N4O3S/c28-20-5-7-26(24(29)13-20)37(35,36)33-21-11-19(14-31-15-21)16-4-6-25-23(12-16)22(8-9-32-25)17-2-1-3-18(10-17)27(30)34/h1-15,33H,(H2,30,34). The van der Waals surface area contributed by atoms with Gasteiger partial charge in [0.15, 0.2) is 0 Å². The summed E-state index contributed by atoms with van der Waals surface area (Å²) in [6.45, 7) is 0. The first-order chi connectivity index (χ1) is 17.7. The minimum absolute atomic E-state index is 0.0990. The number of sulfonamides is 1. The van der Waals surface area contributed by atoms with Gasteiger partial charge in [-0.2, -0.15) is 0 Å². The first-order valence-corrected chi connectivity index (χ1v) is 12.4. The summed E-state index contributed by atoms with van der Waals surface area (Å²) in [4.78, 5) is 19.5. The third kappa shape index (κ3) is 4.87. The van der Waals surface area contributed by atoms with E-state index in [2.05, 4.69) is 14.7 Å². The van der Waals surface area contributed by atoms with Gasteiger partial charge in [0.25, 0.3) is 10.0 Å². The zero-order chi connectivity index (χ0) is 26.2. The number of aromatic nitrogens is 2. The highest BCUT2D eigenvalue weighted by Gasteiger charge is 2.20.